The number of pyridine rings is 1. The predicted octanol–water partition coefficient (Wildman–Crippen LogP) is 2.22. The molecule has 0 unspecified atom stereocenters. The molecule has 0 aliphatic heterocycles. The van der Waals surface area contributed by atoms with Crippen LogP contribution in [0.2, 0.25) is 0 Å². The molecule has 94 valence electrons. The first-order valence-electron chi connectivity index (χ1n) is 5.48. The minimum Gasteiger partial charge on any atom is -0.253 e. The maximum atomic E-state index is 12.4. The van der Waals surface area contributed by atoms with E-state index < -0.39 is 10.0 Å². The van der Waals surface area contributed by atoms with E-state index in [1.165, 1.54) is 11.4 Å². The highest BCUT2D eigenvalue weighted by atomic mass is 32.2. The monoisotopic (exact) mass is 262 g/mol. The lowest BCUT2D eigenvalue weighted by atomic mass is 10.2. The van der Waals surface area contributed by atoms with Gasteiger partial charge in [0.15, 0.2) is 0 Å². The summed E-state index contributed by atoms with van der Waals surface area (Å²) in [6.45, 7) is 1.86. The van der Waals surface area contributed by atoms with E-state index >= 15 is 0 Å². The van der Waals surface area contributed by atoms with Crippen LogP contribution < -0.4 is 4.31 Å². The van der Waals surface area contributed by atoms with Gasteiger partial charge < -0.3 is 0 Å². The number of aromatic nitrogens is 1. The number of hydrogen-bond donors (Lipinski definition) is 0. The normalized spacial score (nSPS) is 11.2. The molecule has 0 saturated carbocycles. The van der Waals surface area contributed by atoms with E-state index in [1.54, 1.807) is 42.6 Å². The minimum absolute atomic E-state index is 0.274. The predicted molar refractivity (Wildman–Crippen MR) is 71.0 cm³/mol. The number of anilines is 1. The lowest BCUT2D eigenvalue weighted by molar-refractivity contribution is 0.594. The first kappa shape index (κ1) is 12.6. The van der Waals surface area contributed by atoms with Gasteiger partial charge in [-0.3, -0.25) is 4.31 Å². The van der Waals surface area contributed by atoms with Gasteiger partial charge >= 0.3 is 0 Å². The summed E-state index contributed by atoms with van der Waals surface area (Å²) in [5.41, 5.74) is 0.908. The Hall–Kier alpha value is -1.88. The van der Waals surface area contributed by atoms with E-state index in [9.17, 15) is 8.42 Å². The average Bonchev–Trinajstić information content (AvgIpc) is 2.39. The van der Waals surface area contributed by atoms with Gasteiger partial charge in [0.05, 0.1) is 4.90 Å². The van der Waals surface area contributed by atoms with Crippen LogP contribution in [0.15, 0.2) is 53.6 Å². The molecule has 4 nitrogen and oxygen atoms in total. The molecule has 2 rings (SSSR count). The van der Waals surface area contributed by atoms with Gasteiger partial charge in [0.2, 0.25) is 0 Å². The number of nitrogens with zero attached hydrogens (tertiary/aromatic N) is 2. The van der Waals surface area contributed by atoms with Crippen molar-refractivity contribution in [2.45, 2.75) is 11.8 Å². The van der Waals surface area contributed by atoms with Gasteiger partial charge in [-0.2, -0.15) is 0 Å². The van der Waals surface area contributed by atoms with Gasteiger partial charge in [0.1, 0.15) is 5.82 Å². The van der Waals surface area contributed by atoms with E-state index in [4.69, 9.17) is 0 Å². The molecule has 0 bridgehead atoms. The molecule has 5 heteroatoms. The maximum absolute atomic E-state index is 12.4. The van der Waals surface area contributed by atoms with Crippen LogP contribution in [0.5, 0.6) is 0 Å². The van der Waals surface area contributed by atoms with Crippen LogP contribution in [-0.4, -0.2) is 20.4 Å². The van der Waals surface area contributed by atoms with Crippen LogP contribution in [0, 0.1) is 6.92 Å². The Bertz CT molecular complexity index is 639. The van der Waals surface area contributed by atoms with Crippen molar-refractivity contribution in [2.24, 2.45) is 0 Å². The zero-order valence-corrected chi connectivity index (χ0v) is 11.1. The van der Waals surface area contributed by atoms with E-state index in [0.717, 1.165) is 5.56 Å². The Morgan fingerprint density at radius 3 is 2.50 bits per heavy atom. The summed E-state index contributed by atoms with van der Waals surface area (Å²) < 4.78 is 25.9. The molecule has 0 radical (unpaired) electrons. The molecule has 0 aliphatic carbocycles. The number of aryl methyl sites for hydroxylation is 1. The van der Waals surface area contributed by atoms with Gasteiger partial charge in [-0.25, -0.2) is 13.4 Å². The summed E-state index contributed by atoms with van der Waals surface area (Å²) in [6, 6.07) is 12.0. The van der Waals surface area contributed by atoms with Crippen LogP contribution >= 0.6 is 0 Å². The summed E-state index contributed by atoms with van der Waals surface area (Å²) in [5.74, 6) is 0.402. The van der Waals surface area contributed by atoms with E-state index in [0.29, 0.717) is 5.82 Å². The van der Waals surface area contributed by atoms with Crippen LogP contribution in [-0.2, 0) is 10.0 Å². The van der Waals surface area contributed by atoms with Crippen molar-refractivity contribution in [3.63, 3.8) is 0 Å². The number of benzene rings is 1. The standard InChI is InChI=1S/C13H14N2O2S/c1-11-6-5-7-12(10-11)18(16,17)15(2)13-8-3-4-9-14-13/h3-10H,1-2H3. The summed E-state index contributed by atoms with van der Waals surface area (Å²) in [4.78, 5) is 4.31. The zero-order chi connectivity index (χ0) is 13.2. The van der Waals surface area contributed by atoms with Crippen molar-refractivity contribution in [3.8, 4) is 0 Å². The Balaban J connectivity index is 2.44. The van der Waals surface area contributed by atoms with Gasteiger partial charge in [-0.1, -0.05) is 18.2 Å². The highest BCUT2D eigenvalue weighted by molar-refractivity contribution is 7.92. The van der Waals surface area contributed by atoms with Crippen molar-refractivity contribution < 1.29 is 8.42 Å². The maximum Gasteiger partial charge on any atom is 0.265 e. The smallest absolute Gasteiger partial charge is 0.253 e. The molecular formula is C13H14N2O2S. The third-order valence-electron chi connectivity index (χ3n) is 2.62. The highest BCUT2D eigenvalue weighted by Gasteiger charge is 2.21. The first-order chi connectivity index (χ1) is 8.51. The van der Waals surface area contributed by atoms with Gasteiger partial charge in [0, 0.05) is 13.2 Å². The molecule has 1 aromatic heterocycles. The molecule has 2 aromatic rings. The Kier molecular flexibility index (Phi) is 3.34. The van der Waals surface area contributed by atoms with Crippen molar-refractivity contribution in [2.75, 3.05) is 11.4 Å². The summed E-state index contributed by atoms with van der Waals surface area (Å²) in [6.07, 6.45) is 1.57. The zero-order valence-electron chi connectivity index (χ0n) is 10.2. The number of hydrogen-bond acceptors (Lipinski definition) is 3. The topological polar surface area (TPSA) is 50.3 Å². The molecule has 0 saturated heterocycles. The van der Waals surface area contributed by atoms with E-state index in [1.807, 2.05) is 13.0 Å². The second-order valence-corrected chi connectivity index (χ2v) is 5.95. The Labute approximate surface area is 107 Å². The molecule has 1 aromatic carbocycles. The fourth-order valence-electron chi connectivity index (χ4n) is 1.60. The number of rotatable bonds is 3. The third kappa shape index (κ3) is 2.36. The molecule has 0 aliphatic rings. The molecule has 0 N–H and O–H groups in total. The Morgan fingerprint density at radius 2 is 1.89 bits per heavy atom. The van der Waals surface area contributed by atoms with Crippen LogP contribution in [0.3, 0.4) is 0 Å². The highest BCUT2D eigenvalue weighted by Crippen LogP contribution is 2.20. The molecule has 1 heterocycles. The van der Waals surface area contributed by atoms with Crippen molar-refractivity contribution in [3.05, 3.63) is 54.2 Å². The van der Waals surface area contributed by atoms with Gasteiger partial charge in [0.25, 0.3) is 10.0 Å². The summed E-state index contributed by atoms with van der Waals surface area (Å²) in [7, 11) is -2.04. The van der Waals surface area contributed by atoms with E-state index in [-0.39, 0.29) is 4.90 Å². The van der Waals surface area contributed by atoms with Gasteiger partial charge in [-0.05, 0) is 36.8 Å². The molecule has 18 heavy (non-hydrogen) atoms. The first-order valence-corrected chi connectivity index (χ1v) is 6.92. The molecular weight excluding hydrogens is 248 g/mol. The molecule has 0 amide bonds. The second kappa shape index (κ2) is 4.78. The van der Waals surface area contributed by atoms with Crippen LogP contribution in [0.25, 0.3) is 0 Å². The fraction of sp³-hybridized carbons (Fsp3) is 0.154. The van der Waals surface area contributed by atoms with Crippen LogP contribution in [0.4, 0.5) is 5.82 Å². The lowest BCUT2D eigenvalue weighted by Crippen LogP contribution is -2.27. The molecule has 0 spiro atoms. The minimum atomic E-state index is -3.54. The van der Waals surface area contributed by atoms with E-state index in [2.05, 4.69) is 4.98 Å². The molecule has 0 atom stereocenters. The quantitative estimate of drug-likeness (QED) is 0.852. The SMILES string of the molecule is Cc1cccc(S(=O)(=O)N(C)c2ccccn2)c1. The van der Waals surface area contributed by atoms with Crippen molar-refractivity contribution >= 4 is 15.8 Å². The van der Waals surface area contributed by atoms with Gasteiger partial charge in [-0.15, -0.1) is 0 Å². The van der Waals surface area contributed by atoms with Crippen LogP contribution in [0.1, 0.15) is 5.56 Å². The Morgan fingerprint density at radius 1 is 1.11 bits per heavy atom. The number of sulfonamides is 1. The third-order valence-corrected chi connectivity index (χ3v) is 4.38. The van der Waals surface area contributed by atoms with Crippen molar-refractivity contribution in [1.82, 2.24) is 4.98 Å². The molecule has 0 fully saturated rings. The fourth-order valence-corrected chi connectivity index (χ4v) is 2.85. The average molecular weight is 262 g/mol. The largest absolute Gasteiger partial charge is 0.265 e. The summed E-state index contributed by atoms with van der Waals surface area (Å²) in [5, 5.41) is 0. The summed E-state index contributed by atoms with van der Waals surface area (Å²) >= 11 is 0. The lowest BCUT2D eigenvalue weighted by Gasteiger charge is -2.18. The van der Waals surface area contributed by atoms with Crippen molar-refractivity contribution in [1.29, 1.82) is 0 Å². The second-order valence-electron chi connectivity index (χ2n) is 3.98.